The first-order chi connectivity index (χ1) is 14.0. The monoisotopic (exact) mass is 411 g/mol. The highest BCUT2D eigenvalue weighted by atomic mass is 16.6. The molecule has 2 rings (SSSR count). The highest BCUT2D eigenvalue weighted by Crippen LogP contribution is 2.27. The van der Waals surface area contributed by atoms with Gasteiger partial charge in [0, 0.05) is 6.04 Å². The molecule has 2 aromatic carbocycles. The molecule has 2 aromatic rings. The fraction of sp³-hybridized carbons (Fsp3) is 0.440. The third-order valence-corrected chi connectivity index (χ3v) is 4.70. The van der Waals surface area contributed by atoms with Crippen molar-refractivity contribution in [3.8, 4) is 0 Å². The molecule has 5 heteroatoms. The van der Waals surface area contributed by atoms with E-state index >= 15 is 0 Å². The van der Waals surface area contributed by atoms with E-state index in [1.54, 1.807) is 0 Å². The molecule has 1 amide bonds. The first-order valence-corrected chi connectivity index (χ1v) is 10.3. The minimum absolute atomic E-state index is 0.0852. The van der Waals surface area contributed by atoms with Crippen LogP contribution in [-0.2, 0) is 32.7 Å². The van der Waals surface area contributed by atoms with E-state index in [2.05, 4.69) is 5.32 Å². The van der Waals surface area contributed by atoms with Gasteiger partial charge in [-0.3, -0.25) is 4.79 Å². The largest absolute Gasteiger partial charge is 0.459 e. The average molecular weight is 412 g/mol. The number of carbonyl (C=O) groups excluding carboxylic acids is 2. The average Bonchev–Trinajstić information content (AvgIpc) is 2.66. The van der Waals surface area contributed by atoms with Gasteiger partial charge in [0.05, 0.1) is 5.41 Å². The molecular formula is C25H33NO4. The van der Waals surface area contributed by atoms with E-state index in [0.29, 0.717) is 6.42 Å². The van der Waals surface area contributed by atoms with Gasteiger partial charge >= 0.3 is 12.1 Å². The van der Waals surface area contributed by atoms with Crippen molar-refractivity contribution in [3.05, 3.63) is 71.3 Å². The molecule has 162 valence electrons. The summed E-state index contributed by atoms with van der Waals surface area (Å²) in [5.74, 6) is -0.251. The highest BCUT2D eigenvalue weighted by molar-refractivity contribution is 5.82. The normalized spacial score (nSPS) is 12.7. The lowest BCUT2D eigenvalue weighted by atomic mass is 9.84. The Morgan fingerprint density at radius 2 is 1.50 bits per heavy atom. The molecule has 1 N–H and O–H groups in total. The van der Waals surface area contributed by atoms with E-state index in [1.807, 2.05) is 96.1 Å². The molecule has 1 atom stereocenters. The number of rotatable bonds is 7. The summed E-state index contributed by atoms with van der Waals surface area (Å²) >= 11 is 0. The first-order valence-electron chi connectivity index (χ1n) is 10.3. The van der Waals surface area contributed by atoms with Crippen LogP contribution in [0.15, 0.2) is 54.6 Å². The summed E-state index contributed by atoms with van der Waals surface area (Å²) in [5.41, 5.74) is 1.64. The minimum atomic E-state index is -0.739. The van der Waals surface area contributed by atoms with Crippen LogP contribution in [0.3, 0.4) is 0 Å². The van der Waals surface area contributed by atoms with Gasteiger partial charge in [-0.05, 0) is 64.7 Å². The number of hydrogen-bond acceptors (Lipinski definition) is 4. The van der Waals surface area contributed by atoms with Gasteiger partial charge in [0.1, 0.15) is 12.2 Å². The Labute approximate surface area is 179 Å². The number of carbonyl (C=O) groups is 2. The summed E-state index contributed by atoms with van der Waals surface area (Å²) in [6, 6.07) is 17.3. The van der Waals surface area contributed by atoms with Gasteiger partial charge in [0.2, 0.25) is 0 Å². The maximum Gasteiger partial charge on any atom is 0.407 e. The summed E-state index contributed by atoms with van der Waals surface area (Å²) in [7, 11) is 0. The Bertz CT molecular complexity index is 836. The Kier molecular flexibility index (Phi) is 7.65. The maximum atomic E-state index is 12.5. The van der Waals surface area contributed by atoms with Crippen LogP contribution in [0, 0.1) is 0 Å². The van der Waals surface area contributed by atoms with Crippen molar-refractivity contribution in [1.29, 1.82) is 0 Å². The molecule has 0 saturated heterocycles. The summed E-state index contributed by atoms with van der Waals surface area (Å²) in [4.78, 5) is 24.6. The number of amides is 1. The molecule has 0 fully saturated rings. The van der Waals surface area contributed by atoms with Gasteiger partial charge < -0.3 is 14.8 Å². The van der Waals surface area contributed by atoms with Crippen molar-refractivity contribution in [1.82, 2.24) is 5.32 Å². The van der Waals surface area contributed by atoms with Crippen LogP contribution in [0.5, 0.6) is 0 Å². The summed E-state index contributed by atoms with van der Waals surface area (Å²) < 4.78 is 10.8. The van der Waals surface area contributed by atoms with Crippen LogP contribution in [-0.4, -0.2) is 23.7 Å². The molecule has 0 saturated carbocycles. The third-order valence-electron chi connectivity index (χ3n) is 4.70. The zero-order chi connectivity index (χ0) is 22.4. The van der Waals surface area contributed by atoms with Gasteiger partial charge in [0.25, 0.3) is 0 Å². The molecular weight excluding hydrogens is 378 g/mol. The zero-order valence-corrected chi connectivity index (χ0v) is 18.8. The second-order valence-corrected chi connectivity index (χ2v) is 9.14. The van der Waals surface area contributed by atoms with Crippen LogP contribution in [0.25, 0.3) is 0 Å². The molecule has 5 nitrogen and oxygen atoms in total. The molecule has 0 aliphatic rings. The number of alkyl carbamates (subject to hydrolysis) is 1. The summed E-state index contributed by atoms with van der Waals surface area (Å²) in [6.45, 7) is 11.5. The molecule has 0 spiro atoms. The van der Waals surface area contributed by atoms with E-state index in [9.17, 15) is 9.59 Å². The Hall–Kier alpha value is -2.82. The fourth-order valence-corrected chi connectivity index (χ4v) is 2.95. The molecule has 0 radical (unpaired) electrons. The predicted octanol–water partition coefficient (Wildman–Crippen LogP) is 5.16. The van der Waals surface area contributed by atoms with Crippen molar-refractivity contribution < 1.29 is 19.1 Å². The Morgan fingerprint density at radius 1 is 0.900 bits per heavy atom. The van der Waals surface area contributed by atoms with Gasteiger partial charge in [-0.15, -0.1) is 0 Å². The van der Waals surface area contributed by atoms with Crippen molar-refractivity contribution in [2.24, 2.45) is 0 Å². The molecule has 0 heterocycles. The summed E-state index contributed by atoms with van der Waals surface area (Å²) in [5, 5.41) is 2.85. The topological polar surface area (TPSA) is 64.6 Å². The second kappa shape index (κ2) is 9.79. The smallest absolute Gasteiger partial charge is 0.407 e. The lowest BCUT2D eigenvalue weighted by molar-refractivity contribution is -0.160. The highest BCUT2D eigenvalue weighted by Gasteiger charge is 2.34. The molecule has 0 aliphatic carbocycles. The Balaban J connectivity index is 1.88. The molecule has 30 heavy (non-hydrogen) atoms. The number of esters is 1. The predicted molar refractivity (Wildman–Crippen MR) is 118 cm³/mol. The molecule has 0 aromatic heterocycles. The van der Waals surface area contributed by atoms with Crippen LogP contribution in [0.1, 0.15) is 58.2 Å². The number of nitrogens with one attached hydrogen (secondary N) is 1. The third kappa shape index (κ3) is 7.21. The SMILES string of the molecule is CC(Cc1ccc(C(C)(C)C(=O)OC(C)(C)C)cc1)NC(=O)OCc1ccccc1. The second-order valence-electron chi connectivity index (χ2n) is 9.14. The number of benzene rings is 2. The zero-order valence-electron chi connectivity index (χ0n) is 18.8. The minimum Gasteiger partial charge on any atom is -0.459 e. The first kappa shape index (κ1) is 23.5. The van der Waals surface area contributed by atoms with Gasteiger partial charge in [-0.1, -0.05) is 54.6 Å². The van der Waals surface area contributed by atoms with E-state index in [1.165, 1.54) is 0 Å². The van der Waals surface area contributed by atoms with Crippen LogP contribution < -0.4 is 5.32 Å². The maximum absolute atomic E-state index is 12.5. The van der Waals surface area contributed by atoms with Crippen LogP contribution in [0.2, 0.25) is 0 Å². The van der Waals surface area contributed by atoms with Gasteiger partial charge in [0.15, 0.2) is 0 Å². The van der Waals surface area contributed by atoms with Crippen molar-refractivity contribution in [3.63, 3.8) is 0 Å². The lowest BCUT2D eigenvalue weighted by Gasteiger charge is -2.29. The van der Waals surface area contributed by atoms with Gasteiger partial charge in [-0.2, -0.15) is 0 Å². The van der Waals surface area contributed by atoms with E-state index in [0.717, 1.165) is 16.7 Å². The van der Waals surface area contributed by atoms with E-state index in [4.69, 9.17) is 9.47 Å². The Morgan fingerprint density at radius 3 is 2.07 bits per heavy atom. The van der Waals surface area contributed by atoms with Crippen molar-refractivity contribution in [2.45, 2.75) is 71.6 Å². The fourth-order valence-electron chi connectivity index (χ4n) is 2.95. The molecule has 1 unspecified atom stereocenters. The van der Waals surface area contributed by atoms with Crippen LogP contribution in [0.4, 0.5) is 4.79 Å². The standard InChI is InChI=1S/C25H33NO4/c1-18(26-23(28)29-17-20-10-8-7-9-11-20)16-19-12-14-21(15-13-19)25(5,6)22(27)30-24(2,3)4/h7-15,18H,16-17H2,1-6H3,(H,26,28). The van der Waals surface area contributed by atoms with E-state index in [-0.39, 0.29) is 18.6 Å². The van der Waals surface area contributed by atoms with Crippen molar-refractivity contribution >= 4 is 12.1 Å². The number of hydrogen-bond donors (Lipinski definition) is 1. The molecule has 0 aliphatic heterocycles. The van der Waals surface area contributed by atoms with E-state index < -0.39 is 17.1 Å². The molecule has 0 bridgehead atoms. The summed E-state index contributed by atoms with van der Waals surface area (Å²) in [6.07, 6.45) is 0.224. The quantitative estimate of drug-likeness (QED) is 0.639. The van der Waals surface area contributed by atoms with Crippen molar-refractivity contribution in [2.75, 3.05) is 0 Å². The lowest BCUT2D eigenvalue weighted by Crippen LogP contribution is -2.36. The number of ether oxygens (including phenoxy) is 2. The van der Waals surface area contributed by atoms with Gasteiger partial charge in [-0.25, -0.2) is 4.79 Å². The van der Waals surface area contributed by atoms with Crippen LogP contribution >= 0.6 is 0 Å².